The first kappa shape index (κ1) is 17.7. The Morgan fingerprint density at radius 3 is 2.61 bits per heavy atom. The van der Waals surface area contributed by atoms with Crippen molar-refractivity contribution in [2.75, 3.05) is 25.9 Å². The van der Waals surface area contributed by atoms with Crippen LogP contribution in [0.1, 0.15) is 24.8 Å². The third kappa shape index (κ3) is 8.56. The Hall–Kier alpha value is -1.60. The van der Waals surface area contributed by atoms with Crippen LogP contribution in [0.25, 0.3) is 0 Å². The van der Waals surface area contributed by atoms with Gasteiger partial charge in [0.05, 0.1) is 6.26 Å². The molecule has 7 heteroatoms. The number of hydrogen-bond acceptors (Lipinski definition) is 3. The van der Waals surface area contributed by atoms with Crippen molar-refractivity contribution in [2.45, 2.75) is 31.7 Å². The molecule has 1 saturated carbocycles. The number of nitrogens with one attached hydrogen (secondary N) is 3. The summed E-state index contributed by atoms with van der Waals surface area (Å²) in [7, 11) is -3.11. The van der Waals surface area contributed by atoms with Gasteiger partial charge in [-0.3, -0.25) is 4.99 Å². The lowest BCUT2D eigenvalue weighted by Crippen LogP contribution is -2.39. The van der Waals surface area contributed by atoms with E-state index in [9.17, 15) is 8.42 Å². The van der Waals surface area contributed by atoms with Gasteiger partial charge in [0.25, 0.3) is 0 Å². The van der Waals surface area contributed by atoms with E-state index in [-0.39, 0.29) is 0 Å². The molecule has 0 radical (unpaired) electrons. The number of benzene rings is 1. The summed E-state index contributed by atoms with van der Waals surface area (Å²) < 4.78 is 24.4. The molecule has 0 heterocycles. The lowest BCUT2D eigenvalue weighted by Gasteiger charge is -2.12. The zero-order valence-electron chi connectivity index (χ0n) is 13.6. The van der Waals surface area contributed by atoms with Gasteiger partial charge in [0.1, 0.15) is 0 Å². The molecule has 2 rings (SSSR count). The van der Waals surface area contributed by atoms with Crippen LogP contribution in [0.4, 0.5) is 0 Å². The Kier molecular flexibility index (Phi) is 6.85. The third-order valence-corrected chi connectivity index (χ3v) is 4.16. The SMILES string of the molecule is CS(=O)(=O)NCCCN=C(NCCc1ccccc1)NC1CC1. The monoisotopic (exact) mass is 338 g/mol. The van der Waals surface area contributed by atoms with Gasteiger partial charge in [-0.15, -0.1) is 0 Å². The van der Waals surface area contributed by atoms with Crippen LogP contribution < -0.4 is 15.4 Å². The van der Waals surface area contributed by atoms with Crippen LogP contribution in [-0.4, -0.2) is 46.3 Å². The molecule has 0 spiro atoms. The van der Waals surface area contributed by atoms with E-state index < -0.39 is 10.0 Å². The van der Waals surface area contributed by atoms with E-state index in [4.69, 9.17) is 0 Å². The summed E-state index contributed by atoms with van der Waals surface area (Å²) in [5.74, 6) is 0.822. The van der Waals surface area contributed by atoms with E-state index in [2.05, 4.69) is 32.5 Å². The lowest BCUT2D eigenvalue weighted by atomic mass is 10.1. The second-order valence-corrected chi connectivity index (χ2v) is 7.66. The zero-order valence-corrected chi connectivity index (χ0v) is 14.4. The molecule has 1 aromatic carbocycles. The summed E-state index contributed by atoms with van der Waals surface area (Å²) >= 11 is 0. The number of nitrogens with zero attached hydrogens (tertiary/aromatic N) is 1. The van der Waals surface area contributed by atoms with Gasteiger partial charge in [-0.25, -0.2) is 13.1 Å². The number of hydrogen-bond donors (Lipinski definition) is 3. The third-order valence-electron chi connectivity index (χ3n) is 3.44. The van der Waals surface area contributed by atoms with Gasteiger partial charge in [-0.2, -0.15) is 0 Å². The summed E-state index contributed by atoms with van der Waals surface area (Å²) in [6.45, 7) is 1.84. The van der Waals surface area contributed by atoms with E-state index in [0.717, 1.165) is 18.9 Å². The first-order chi connectivity index (χ1) is 11.0. The maximum absolute atomic E-state index is 11.0. The van der Waals surface area contributed by atoms with E-state index in [1.54, 1.807) is 0 Å². The largest absolute Gasteiger partial charge is 0.356 e. The van der Waals surface area contributed by atoms with Crippen molar-refractivity contribution in [1.29, 1.82) is 0 Å². The van der Waals surface area contributed by atoms with Crippen molar-refractivity contribution in [3.05, 3.63) is 35.9 Å². The van der Waals surface area contributed by atoms with Crippen molar-refractivity contribution >= 4 is 16.0 Å². The molecule has 1 fully saturated rings. The van der Waals surface area contributed by atoms with Crippen LogP contribution in [0.2, 0.25) is 0 Å². The quantitative estimate of drug-likeness (QED) is 0.354. The number of aliphatic imine (C=N–C) groups is 1. The molecule has 0 amide bonds. The summed E-state index contributed by atoms with van der Waals surface area (Å²) in [6, 6.07) is 10.9. The van der Waals surface area contributed by atoms with Crippen LogP contribution in [0, 0.1) is 0 Å². The fraction of sp³-hybridized carbons (Fsp3) is 0.562. The smallest absolute Gasteiger partial charge is 0.208 e. The fourth-order valence-corrected chi connectivity index (χ4v) is 2.59. The van der Waals surface area contributed by atoms with Crippen molar-refractivity contribution in [2.24, 2.45) is 4.99 Å². The van der Waals surface area contributed by atoms with Gasteiger partial charge in [0.2, 0.25) is 10.0 Å². The maximum Gasteiger partial charge on any atom is 0.208 e. The minimum Gasteiger partial charge on any atom is -0.356 e. The molecule has 23 heavy (non-hydrogen) atoms. The summed E-state index contributed by atoms with van der Waals surface area (Å²) in [6.07, 6.45) is 5.18. The second-order valence-electron chi connectivity index (χ2n) is 5.83. The predicted molar refractivity (Wildman–Crippen MR) is 94.1 cm³/mol. The Morgan fingerprint density at radius 1 is 1.22 bits per heavy atom. The topological polar surface area (TPSA) is 82.6 Å². The number of guanidine groups is 1. The number of rotatable bonds is 9. The molecule has 1 aromatic rings. The van der Waals surface area contributed by atoms with Gasteiger partial charge in [0, 0.05) is 25.7 Å². The molecule has 0 unspecified atom stereocenters. The predicted octanol–water partition coefficient (Wildman–Crippen LogP) is 0.866. The lowest BCUT2D eigenvalue weighted by molar-refractivity contribution is 0.585. The second kappa shape index (κ2) is 8.88. The van der Waals surface area contributed by atoms with Crippen LogP contribution in [-0.2, 0) is 16.4 Å². The van der Waals surface area contributed by atoms with Crippen LogP contribution in [0.5, 0.6) is 0 Å². The first-order valence-electron chi connectivity index (χ1n) is 8.06. The van der Waals surface area contributed by atoms with Crippen LogP contribution in [0.3, 0.4) is 0 Å². The minimum absolute atomic E-state index is 0.420. The highest BCUT2D eigenvalue weighted by Crippen LogP contribution is 2.18. The van der Waals surface area contributed by atoms with Gasteiger partial charge < -0.3 is 10.6 Å². The van der Waals surface area contributed by atoms with Crippen molar-refractivity contribution in [3.63, 3.8) is 0 Å². The van der Waals surface area contributed by atoms with Gasteiger partial charge in [-0.1, -0.05) is 30.3 Å². The normalized spacial score (nSPS) is 15.4. The Morgan fingerprint density at radius 2 is 1.96 bits per heavy atom. The number of sulfonamides is 1. The molecule has 1 aliphatic rings. The molecule has 0 saturated heterocycles. The Bertz CT molecular complexity index is 598. The Balaban J connectivity index is 1.71. The van der Waals surface area contributed by atoms with Gasteiger partial charge in [0.15, 0.2) is 5.96 Å². The molecule has 128 valence electrons. The van der Waals surface area contributed by atoms with Crippen molar-refractivity contribution < 1.29 is 8.42 Å². The van der Waals surface area contributed by atoms with Crippen LogP contribution in [0.15, 0.2) is 35.3 Å². The highest BCUT2D eigenvalue weighted by atomic mass is 32.2. The summed E-state index contributed by atoms with van der Waals surface area (Å²) in [4.78, 5) is 4.51. The highest BCUT2D eigenvalue weighted by Gasteiger charge is 2.22. The molecule has 0 aromatic heterocycles. The fourth-order valence-electron chi connectivity index (χ4n) is 2.07. The van der Waals surface area contributed by atoms with Gasteiger partial charge in [-0.05, 0) is 31.2 Å². The standard InChI is InChI=1S/C16H26N4O2S/c1-23(21,22)19-12-5-11-17-16(20-15-8-9-15)18-13-10-14-6-3-2-4-7-14/h2-4,6-7,15,19H,5,8-13H2,1H3,(H2,17,18,20). The molecular weight excluding hydrogens is 312 g/mol. The van der Waals surface area contributed by atoms with E-state index in [1.807, 2.05) is 18.2 Å². The molecule has 0 atom stereocenters. The highest BCUT2D eigenvalue weighted by molar-refractivity contribution is 7.88. The summed E-state index contributed by atoms with van der Waals surface area (Å²) in [5.41, 5.74) is 1.29. The molecule has 0 bridgehead atoms. The van der Waals surface area contributed by atoms with Gasteiger partial charge >= 0.3 is 0 Å². The van der Waals surface area contributed by atoms with E-state index in [0.29, 0.717) is 25.6 Å². The average Bonchev–Trinajstić information content (AvgIpc) is 3.30. The summed E-state index contributed by atoms with van der Waals surface area (Å²) in [5, 5.41) is 6.73. The maximum atomic E-state index is 11.0. The minimum atomic E-state index is -3.11. The Labute approximate surface area is 138 Å². The van der Waals surface area contributed by atoms with Crippen molar-refractivity contribution in [1.82, 2.24) is 15.4 Å². The molecular formula is C16H26N4O2S. The average molecular weight is 338 g/mol. The van der Waals surface area contributed by atoms with Crippen molar-refractivity contribution in [3.8, 4) is 0 Å². The zero-order chi connectivity index (χ0) is 16.5. The first-order valence-corrected chi connectivity index (χ1v) is 9.95. The molecule has 1 aliphatic carbocycles. The van der Waals surface area contributed by atoms with E-state index >= 15 is 0 Å². The molecule has 3 N–H and O–H groups in total. The van der Waals surface area contributed by atoms with E-state index in [1.165, 1.54) is 24.7 Å². The molecule has 6 nitrogen and oxygen atoms in total. The molecule has 0 aliphatic heterocycles. The van der Waals surface area contributed by atoms with Crippen LogP contribution >= 0.6 is 0 Å².